The molecule has 0 unspecified atom stereocenters. The molecule has 0 rings (SSSR count). The summed E-state index contributed by atoms with van der Waals surface area (Å²) in [4.78, 5) is 0. The van der Waals surface area contributed by atoms with Gasteiger partial charge in [-0.25, -0.2) is 0 Å². The van der Waals surface area contributed by atoms with E-state index in [-0.39, 0.29) is 0 Å². The lowest BCUT2D eigenvalue weighted by Gasteiger charge is -1.79. The van der Waals surface area contributed by atoms with E-state index in [4.69, 9.17) is 6.58 Å². The fraction of sp³-hybridized carbons (Fsp3) is 0.111. The van der Waals surface area contributed by atoms with Gasteiger partial charge in [0.25, 0.3) is 0 Å². The molecule has 1 radical (unpaired) electrons. The molecular formula is C27H31. The molecule has 0 aliphatic carbocycles. The Labute approximate surface area is 166 Å². The van der Waals surface area contributed by atoms with Crippen LogP contribution in [0.1, 0.15) is 19.8 Å². The highest BCUT2D eigenvalue weighted by Crippen LogP contribution is 1.90. The van der Waals surface area contributed by atoms with Crippen LogP contribution in [-0.2, 0) is 0 Å². The Kier molecular flexibility index (Phi) is 20.2. The van der Waals surface area contributed by atoms with Crippen LogP contribution in [-0.4, -0.2) is 0 Å². The molecule has 139 valence electrons. The van der Waals surface area contributed by atoms with Gasteiger partial charge in [0, 0.05) is 0 Å². The third-order valence-corrected chi connectivity index (χ3v) is 2.92. The Balaban J connectivity index is 3.91. The third kappa shape index (κ3) is 22.9. The standard InChI is InChI=1S/C27H31/c1-3-5-7-9-11-13-15-17-19-21-23-25-27-26-24-22-20-18-16-14-12-10-8-6-4-2/h1,3,5,7-27H,4,6H2,2H3/b3-1?,7-5+,10-8+,11-9+,14-12+,15-13+,18-16+,19-17+,22-20+,23-21+,26-24+,27-25+. The van der Waals surface area contributed by atoms with Gasteiger partial charge in [-0.2, -0.15) is 0 Å². The minimum Gasteiger partial charge on any atom is -0.0845 e. The lowest BCUT2D eigenvalue weighted by molar-refractivity contribution is 0.959. The summed E-state index contributed by atoms with van der Waals surface area (Å²) >= 11 is 0. The number of rotatable bonds is 13. The minimum atomic E-state index is 1.14. The quantitative estimate of drug-likeness (QED) is 0.295. The van der Waals surface area contributed by atoms with E-state index in [1.165, 1.54) is 12.5 Å². The second-order valence-corrected chi connectivity index (χ2v) is 5.26. The first-order valence-electron chi connectivity index (χ1n) is 9.28. The van der Waals surface area contributed by atoms with E-state index in [0.29, 0.717) is 0 Å². The van der Waals surface area contributed by atoms with Crippen LogP contribution < -0.4 is 0 Å². The van der Waals surface area contributed by atoms with E-state index >= 15 is 0 Å². The van der Waals surface area contributed by atoms with Gasteiger partial charge in [0.1, 0.15) is 0 Å². The van der Waals surface area contributed by atoms with Crippen LogP contribution in [0.3, 0.4) is 0 Å². The van der Waals surface area contributed by atoms with E-state index in [0.717, 1.165) is 6.42 Å². The van der Waals surface area contributed by atoms with Crippen LogP contribution in [0.25, 0.3) is 0 Å². The second-order valence-electron chi connectivity index (χ2n) is 5.26. The number of allylic oxidation sites excluding steroid dienone is 23. The highest BCUT2D eigenvalue weighted by Gasteiger charge is 1.69. The molecular weight excluding hydrogens is 324 g/mol. The fourth-order valence-electron chi connectivity index (χ4n) is 1.62. The van der Waals surface area contributed by atoms with Crippen LogP contribution in [0, 0.1) is 6.58 Å². The van der Waals surface area contributed by atoms with Gasteiger partial charge in [-0.05, 0) is 6.42 Å². The van der Waals surface area contributed by atoms with Crippen molar-refractivity contribution in [2.75, 3.05) is 0 Å². The first-order chi connectivity index (χ1) is 13.4. The molecule has 0 heterocycles. The zero-order valence-corrected chi connectivity index (χ0v) is 16.3. The zero-order chi connectivity index (χ0) is 19.7. The molecule has 0 aromatic heterocycles. The average Bonchev–Trinajstić information content (AvgIpc) is 2.68. The minimum absolute atomic E-state index is 1.14. The lowest BCUT2D eigenvalue weighted by atomic mass is 10.3. The molecule has 0 bridgehead atoms. The summed E-state index contributed by atoms with van der Waals surface area (Å²) in [6, 6.07) is 0. The summed E-state index contributed by atoms with van der Waals surface area (Å²) in [5, 5.41) is 0. The van der Waals surface area contributed by atoms with Crippen molar-refractivity contribution >= 4 is 0 Å². The van der Waals surface area contributed by atoms with E-state index in [1.54, 1.807) is 6.08 Å². The molecule has 0 fully saturated rings. The molecule has 0 atom stereocenters. The molecule has 0 amide bonds. The number of hydrogen-bond donors (Lipinski definition) is 0. The molecule has 0 heteroatoms. The van der Waals surface area contributed by atoms with Gasteiger partial charge in [0.15, 0.2) is 0 Å². The molecule has 0 aromatic rings. The maximum atomic E-state index is 5.22. The predicted molar refractivity (Wildman–Crippen MR) is 124 cm³/mol. The summed E-state index contributed by atoms with van der Waals surface area (Å²) < 4.78 is 0. The van der Waals surface area contributed by atoms with Crippen LogP contribution in [0.15, 0.2) is 140 Å². The number of unbranched alkanes of at least 4 members (excludes halogenated alkanes) is 1. The highest BCUT2D eigenvalue weighted by atomic mass is 13.8. The Bertz CT molecular complexity index is 663. The molecule has 27 heavy (non-hydrogen) atoms. The van der Waals surface area contributed by atoms with Crippen molar-refractivity contribution in [3.63, 3.8) is 0 Å². The van der Waals surface area contributed by atoms with Crippen molar-refractivity contribution in [3.8, 4) is 0 Å². The fourth-order valence-corrected chi connectivity index (χ4v) is 1.62. The molecule has 0 spiro atoms. The van der Waals surface area contributed by atoms with Gasteiger partial charge >= 0.3 is 0 Å². The summed E-state index contributed by atoms with van der Waals surface area (Å²) in [5.41, 5.74) is 0. The van der Waals surface area contributed by atoms with Gasteiger partial charge in [-0.15, -0.1) is 0 Å². The second kappa shape index (κ2) is 22.9. The van der Waals surface area contributed by atoms with Crippen LogP contribution >= 0.6 is 0 Å². The summed E-state index contributed by atoms with van der Waals surface area (Å²) in [5.74, 6) is 0. The van der Waals surface area contributed by atoms with E-state index in [1.807, 2.05) is 115 Å². The van der Waals surface area contributed by atoms with E-state index in [2.05, 4.69) is 19.1 Å². The van der Waals surface area contributed by atoms with Crippen molar-refractivity contribution in [1.29, 1.82) is 0 Å². The van der Waals surface area contributed by atoms with Gasteiger partial charge in [0.05, 0.1) is 0 Å². The first kappa shape index (κ1) is 23.9. The Morgan fingerprint density at radius 2 is 0.667 bits per heavy atom. The van der Waals surface area contributed by atoms with Crippen molar-refractivity contribution in [2.24, 2.45) is 0 Å². The first-order valence-corrected chi connectivity index (χ1v) is 9.28. The van der Waals surface area contributed by atoms with Gasteiger partial charge in [-0.1, -0.05) is 160 Å². The van der Waals surface area contributed by atoms with Crippen LogP contribution in [0.2, 0.25) is 0 Å². The average molecular weight is 356 g/mol. The molecule has 0 aliphatic rings. The number of hydrogen-bond acceptors (Lipinski definition) is 0. The van der Waals surface area contributed by atoms with Crippen LogP contribution in [0.5, 0.6) is 0 Å². The largest absolute Gasteiger partial charge is 0.0845 e. The SMILES string of the molecule is [CH]=C/C=C/C=C/C=C/C=C/C=C/C=C/C=C/C=C/C=C/C=C/C=C/CCC. The monoisotopic (exact) mass is 355 g/mol. The topological polar surface area (TPSA) is 0 Å². The maximum absolute atomic E-state index is 5.22. The Morgan fingerprint density at radius 3 is 0.926 bits per heavy atom. The van der Waals surface area contributed by atoms with Crippen molar-refractivity contribution < 1.29 is 0 Å². The predicted octanol–water partition coefficient (Wildman–Crippen LogP) is 7.89. The molecule has 0 nitrogen and oxygen atoms in total. The van der Waals surface area contributed by atoms with Crippen molar-refractivity contribution in [3.05, 3.63) is 146 Å². The van der Waals surface area contributed by atoms with E-state index < -0.39 is 0 Å². The normalized spacial score (nSPS) is 14.4. The van der Waals surface area contributed by atoms with Gasteiger partial charge in [-0.3, -0.25) is 0 Å². The smallest absolute Gasteiger partial charge is 0.0350 e. The maximum Gasteiger partial charge on any atom is -0.0350 e. The molecule has 0 aliphatic heterocycles. The highest BCUT2D eigenvalue weighted by molar-refractivity contribution is 5.23. The Morgan fingerprint density at radius 1 is 0.407 bits per heavy atom. The third-order valence-electron chi connectivity index (χ3n) is 2.92. The van der Waals surface area contributed by atoms with Crippen molar-refractivity contribution in [1.82, 2.24) is 0 Å². The molecule has 0 saturated heterocycles. The summed E-state index contributed by atoms with van der Waals surface area (Å²) in [6.45, 7) is 7.40. The van der Waals surface area contributed by atoms with Gasteiger partial charge < -0.3 is 0 Å². The van der Waals surface area contributed by atoms with E-state index in [9.17, 15) is 0 Å². The summed E-state index contributed by atoms with van der Waals surface area (Å²) in [7, 11) is 0. The van der Waals surface area contributed by atoms with Gasteiger partial charge in [0.2, 0.25) is 0 Å². The molecule has 0 N–H and O–H groups in total. The summed E-state index contributed by atoms with van der Waals surface area (Å²) in [6.07, 6.45) is 47.6. The zero-order valence-electron chi connectivity index (χ0n) is 16.3. The lowest BCUT2D eigenvalue weighted by Crippen LogP contribution is -1.58. The molecule has 0 aromatic carbocycles. The van der Waals surface area contributed by atoms with Crippen LogP contribution in [0.4, 0.5) is 0 Å². The van der Waals surface area contributed by atoms with Crippen molar-refractivity contribution in [2.45, 2.75) is 19.8 Å². The molecule has 0 saturated carbocycles. The Hall–Kier alpha value is -3.12.